The fourth-order valence-corrected chi connectivity index (χ4v) is 6.43. The summed E-state index contributed by atoms with van der Waals surface area (Å²) in [6.45, 7) is 12.9. The van der Waals surface area contributed by atoms with Gasteiger partial charge in [-0.25, -0.2) is 4.79 Å². The number of carbonyl (C=O) groups is 1. The Bertz CT molecular complexity index is 1150. The SMILES string of the molecule is CC(C)NC(=O)N1C(C)C=C(C2=CCc3ncc(-c4ccc(CN5CCOCC5)s4)cc32)CC1C. The lowest BCUT2D eigenvalue weighted by Crippen LogP contribution is -2.52. The number of amides is 2. The lowest BCUT2D eigenvalue weighted by molar-refractivity contribution is 0.0346. The highest BCUT2D eigenvalue weighted by atomic mass is 32.1. The minimum atomic E-state index is 0.0191. The largest absolute Gasteiger partial charge is 0.379 e. The minimum absolute atomic E-state index is 0.0191. The maximum atomic E-state index is 12.7. The zero-order valence-electron chi connectivity index (χ0n) is 21.2. The molecule has 1 N–H and O–H groups in total. The molecule has 0 saturated carbocycles. The first-order valence-electron chi connectivity index (χ1n) is 12.8. The number of hydrogen-bond acceptors (Lipinski definition) is 5. The number of pyridine rings is 1. The molecule has 7 heteroatoms. The van der Waals surface area contributed by atoms with Crippen molar-refractivity contribution in [3.05, 3.63) is 58.3 Å². The Hall–Kier alpha value is -2.48. The van der Waals surface area contributed by atoms with E-state index in [1.807, 2.05) is 36.3 Å². The highest BCUT2D eigenvalue weighted by Gasteiger charge is 2.32. The third kappa shape index (κ3) is 5.22. The van der Waals surface area contributed by atoms with Crippen molar-refractivity contribution in [3.8, 4) is 10.4 Å². The van der Waals surface area contributed by atoms with Crippen LogP contribution in [0.25, 0.3) is 16.0 Å². The van der Waals surface area contributed by atoms with Crippen molar-refractivity contribution in [1.29, 1.82) is 0 Å². The van der Waals surface area contributed by atoms with Crippen molar-refractivity contribution < 1.29 is 9.53 Å². The second-order valence-electron chi connectivity index (χ2n) is 10.2. The van der Waals surface area contributed by atoms with Crippen LogP contribution in [-0.2, 0) is 17.7 Å². The molecular formula is C28H36N4O2S. The number of morpholine rings is 1. The topological polar surface area (TPSA) is 57.7 Å². The number of nitrogens with one attached hydrogen (secondary N) is 1. The van der Waals surface area contributed by atoms with Crippen LogP contribution in [0.15, 0.2) is 42.1 Å². The molecule has 2 aromatic rings. The summed E-state index contributed by atoms with van der Waals surface area (Å²) in [4.78, 5) is 24.7. The Kier molecular flexibility index (Phi) is 7.09. The van der Waals surface area contributed by atoms with E-state index in [2.05, 4.69) is 54.4 Å². The zero-order valence-corrected chi connectivity index (χ0v) is 22.0. The van der Waals surface area contributed by atoms with Gasteiger partial charge in [0.25, 0.3) is 0 Å². The Morgan fingerprint density at radius 1 is 1.26 bits per heavy atom. The molecule has 1 fully saturated rings. The Morgan fingerprint density at radius 2 is 2.06 bits per heavy atom. The van der Waals surface area contributed by atoms with Crippen LogP contribution in [0.3, 0.4) is 0 Å². The molecule has 2 aliphatic heterocycles. The number of allylic oxidation sites excluding steroid dienone is 2. The number of hydrogen-bond donors (Lipinski definition) is 1. The van der Waals surface area contributed by atoms with Crippen LogP contribution >= 0.6 is 11.3 Å². The van der Waals surface area contributed by atoms with E-state index in [0.29, 0.717) is 0 Å². The van der Waals surface area contributed by atoms with Gasteiger partial charge in [-0.1, -0.05) is 12.2 Å². The predicted molar refractivity (Wildman–Crippen MR) is 142 cm³/mol. The van der Waals surface area contributed by atoms with Gasteiger partial charge in [0, 0.05) is 71.3 Å². The summed E-state index contributed by atoms with van der Waals surface area (Å²) >= 11 is 1.86. The number of rotatable bonds is 5. The Balaban J connectivity index is 1.34. The predicted octanol–water partition coefficient (Wildman–Crippen LogP) is 5.11. The molecule has 2 atom stereocenters. The molecule has 0 bridgehead atoms. The fraction of sp³-hybridized carbons (Fsp3) is 0.500. The summed E-state index contributed by atoms with van der Waals surface area (Å²) in [5.74, 6) is 0. The third-order valence-electron chi connectivity index (χ3n) is 7.05. The second-order valence-corrected chi connectivity index (χ2v) is 11.4. The summed E-state index contributed by atoms with van der Waals surface area (Å²) in [6.07, 6.45) is 8.33. The first kappa shape index (κ1) is 24.2. The number of nitrogens with zero attached hydrogens (tertiary/aromatic N) is 3. The first-order valence-corrected chi connectivity index (χ1v) is 13.6. The molecule has 0 aromatic carbocycles. The van der Waals surface area contributed by atoms with Crippen LogP contribution in [0, 0.1) is 0 Å². The maximum absolute atomic E-state index is 12.7. The molecule has 2 amide bonds. The summed E-state index contributed by atoms with van der Waals surface area (Å²) < 4.78 is 5.48. The van der Waals surface area contributed by atoms with E-state index in [4.69, 9.17) is 9.72 Å². The standard InChI is InChI=1S/C28H36N4O2S/c1-18(2)30-28(33)32-19(3)13-21(14-20(32)4)24-6-7-26-25(24)15-22(16-29-26)27-8-5-23(35-27)17-31-9-11-34-12-10-31/h5-6,8,13,15-16,18-20H,7,9-12,14,17H2,1-4H3,(H,30,33). The van der Waals surface area contributed by atoms with Crippen LogP contribution in [0.4, 0.5) is 4.79 Å². The summed E-state index contributed by atoms with van der Waals surface area (Å²) in [6, 6.07) is 7.15. The van der Waals surface area contributed by atoms with E-state index in [1.54, 1.807) is 0 Å². The van der Waals surface area contributed by atoms with Crippen molar-refractivity contribution in [2.24, 2.45) is 0 Å². The normalized spacial score (nSPS) is 22.7. The molecular weight excluding hydrogens is 456 g/mol. The van der Waals surface area contributed by atoms with E-state index in [9.17, 15) is 4.79 Å². The van der Waals surface area contributed by atoms with Gasteiger partial charge in [0.15, 0.2) is 0 Å². The van der Waals surface area contributed by atoms with Crippen LogP contribution < -0.4 is 5.32 Å². The Labute approximate surface area is 212 Å². The van der Waals surface area contributed by atoms with Crippen molar-refractivity contribution in [3.63, 3.8) is 0 Å². The van der Waals surface area contributed by atoms with Gasteiger partial charge in [-0.3, -0.25) is 9.88 Å². The van der Waals surface area contributed by atoms with Gasteiger partial charge in [-0.15, -0.1) is 11.3 Å². The fourth-order valence-electron chi connectivity index (χ4n) is 5.40. The van der Waals surface area contributed by atoms with Gasteiger partial charge in [0.1, 0.15) is 0 Å². The van der Waals surface area contributed by atoms with Crippen LogP contribution in [0.5, 0.6) is 0 Å². The molecule has 6 nitrogen and oxygen atoms in total. The number of fused-ring (bicyclic) bond motifs is 1. The molecule has 2 aromatic heterocycles. The van der Waals surface area contributed by atoms with Crippen LogP contribution in [0.1, 0.15) is 50.3 Å². The smallest absolute Gasteiger partial charge is 0.318 e. The van der Waals surface area contributed by atoms with E-state index in [0.717, 1.165) is 51.4 Å². The number of aromatic nitrogens is 1. The van der Waals surface area contributed by atoms with Gasteiger partial charge >= 0.3 is 6.03 Å². The first-order chi connectivity index (χ1) is 16.9. The van der Waals surface area contributed by atoms with Gasteiger partial charge in [-0.2, -0.15) is 0 Å². The van der Waals surface area contributed by atoms with Crippen LogP contribution in [0.2, 0.25) is 0 Å². The minimum Gasteiger partial charge on any atom is -0.379 e. The van der Waals surface area contributed by atoms with E-state index >= 15 is 0 Å². The average molecular weight is 493 g/mol. The highest BCUT2D eigenvalue weighted by molar-refractivity contribution is 7.15. The molecule has 3 aliphatic rings. The number of ether oxygens (including phenoxy) is 1. The molecule has 1 aliphatic carbocycles. The lowest BCUT2D eigenvalue weighted by Gasteiger charge is -2.38. The molecule has 0 spiro atoms. The second kappa shape index (κ2) is 10.2. The maximum Gasteiger partial charge on any atom is 0.318 e. The monoisotopic (exact) mass is 492 g/mol. The summed E-state index contributed by atoms with van der Waals surface area (Å²) in [5.41, 5.74) is 6.20. The van der Waals surface area contributed by atoms with Crippen molar-refractivity contribution in [1.82, 2.24) is 20.1 Å². The molecule has 5 rings (SSSR count). The average Bonchev–Trinajstić information content (AvgIpc) is 3.45. The van der Waals surface area contributed by atoms with E-state index in [1.165, 1.54) is 32.0 Å². The quantitative estimate of drug-likeness (QED) is 0.630. The third-order valence-corrected chi connectivity index (χ3v) is 8.17. The molecule has 2 unspecified atom stereocenters. The van der Waals surface area contributed by atoms with Crippen molar-refractivity contribution in [2.75, 3.05) is 26.3 Å². The molecule has 4 heterocycles. The number of carbonyl (C=O) groups excluding carboxylic acids is 1. The molecule has 186 valence electrons. The number of urea groups is 1. The molecule has 1 saturated heterocycles. The van der Waals surface area contributed by atoms with Crippen molar-refractivity contribution in [2.45, 2.75) is 65.2 Å². The van der Waals surface area contributed by atoms with E-state index in [-0.39, 0.29) is 24.2 Å². The zero-order chi connectivity index (χ0) is 24.5. The lowest BCUT2D eigenvalue weighted by atomic mass is 9.89. The highest BCUT2D eigenvalue weighted by Crippen LogP contribution is 2.39. The Morgan fingerprint density at radius 3 is 2.80 bits per heavy atom. The van der Waals surface area contributed by atoms with Gasteiger partial charge < -0.3 is 15.0 Å². The van der Waals surface area contributed by atoms with Gasteiger partial charge in [0.05, 0.1) is 18.9 Å². The molecule has 0 radical (unpaired) electrons. The molecule has 35 heavy (non-hydrogen) atoms. The summed E-state index contributed by atoms with van der Waals surface area (Å²) in [5, 5.41) is 3.05. The van der Waals surface area contributed by atoms with E-state index < -0.39 is 0 Å². The number of thiophene rings is 1. The van der Waals surface area contributed by atoms with Crippen LogP contribution in [-0.4, -0.2) is 65.2 Å². The summed E-state index contributed by atoms with van der Waals surface area (Å²) in [7, 11) is 0. The van der Waals surface area contributed by atoms with Gasteiger partial charge in [-0.05, 0) is 63.5 Å². The van der Waals surface area contributed by atoms with Gasteiger partial charge in [0.2, 0.25) is 0 Å². The van der Waals surface area contributed by atoms with Crippen molar-refractivity contribution >= 4 is 22.9 Å².